The lowest BCUT2D eigenvalue weighted by Gasteiger charge is -2.32. The molecule has 0 aromatic heterocycles. The van der Waals surface area contributed by atoms with E-state index < -0.39 is 0 Å². The van der Waals surface area contributed by atoms with Crippen molar-refractivity contribution >= 4 is 54.5 Å². The highest BCUT2D eigenvalue weighted by Gasteiger charge is 2.21. The van der Waals surface area contributed by atoms with Crippen LogP contribution in [-0.4, -0.2) is 0 Å². The minimum atomic E-state index is 1.19. The third-order valence-corrected chi connectivity index (χ3v) is 9.18. The Morgan fingerprint density at radius 3 is 1.09 bits per heavy atom. The molecule has 0 spiro atoms. The molecule has 2 nitrogen and oxygen atoms in total. The van der Waals surface area contributed by atoms with Crippen LogP contribution < -0.4 is 9.80 Å². The van der Waals surface area contributed by atoms with Gasteiger partial charge in [-0.25, -0.2) is 0 Å². The molecule has 2 heterocycles. The quantitative estimate of drug-likeness (QED) is 0.192. The van der Waals surface area contributed by atoms with Crippen LogP contribution in [0.15, 0.2) is 167 Å². The van der Waals surface area contributed by atoms with E-state index in [0.29, 0.717) is 0 Å². The molecule has 0 saturated carbocycles. The molecule has 0 saturated heterocycles. The Morgan fingerprint density at radius 1 is 0.341 bits per heavy atom. The zero-order valence-corrected chi connectivity index (χ0v) is 25.6. The van der Waals surface area contributed by atoms with Crippen LogP contribution in [0.1, 0.15) is 27.7 Å². The van der Waals surface area contributed by atoms with Gasteiger partial charge in [0.25, 0.3) is 0 Å². The Bertz CT molecular complexity index is 2120. The van der Waals surface area contributed by atoms with Crippen LogP contribution in [0.3, 0.4) is 0 Å². The molecule has 6 aromatic rings. The highest BCUT2D eigenvalue weighted by atomic mass is 15.2. The maximum absolute atomic E-state index is 2.36. The third kappa shape index (κ3) is 4.26. The lowest BCUT2D eigenvalue weighted by molar-refractivity contribution is 1.02. The van der Waals surface area contributed by atoms with E-state index in [1.165, 1.54) is 88.4 Å². The van der Waals surface area contributed by atoms with Gasteiger partial charge in [-0.1, -0.05) is 84.9 Å². The monoisotopic (exact) mass is 566 g/mol. The normalized spacial score (nSPS) is 15.6. The number of rotatable bonds is 2. The van der Waals surface area contributed by atoms with Gasteiger partial charge in [-0.05, 0) is 131 Å². The van der Waals surface area contributed by atoms with Crippen LogP contribution in [0.25, 0.3) is 43.1 Å². The van der Waals surface area contributed by atoms with Crippen molar-refractivity contribution in [3.05, 3.63) is 167 Å². The molecular weight excluding hydrogens is 532 g/mol. The first-order valence-corrected chi connectivity index (χ1v) is 15.4. The second kappa shape index (κ2) is 10.1. The van der Waals surface area contributed by atoms with Crippen molar-refractivity contribution in [2.45, 2.75) is 27.7 Å². The van der Waals surface area contributed by atoms with Gasteiger partial charge in [-0.3, -0.25) is 0 Å². The maximum Gasteiger partial charge on any atom is 0.0461 e. The summed E-state index contributed by atoms with van der Waals surface area (Å²) in [6.45, 7) is 8.84. The second-order valence-corrected chi connectivity index (χ2v) is 12.1. The Morgan fingerprint density at radius 2 is 0.682 bits per heavy atom. The van der Waals surface area contributed by atoms with Gasteiger partial charge in [-0.15, -0.1) is 0 Å². The summed E-state index contributed by atoms with van der Waals surface area (Å²) < 4.78 is 0. The van der Waals surface area contributed by atoms with Crippen molar-refractivity contribution in [2.24, 2.45) is 0 Å². The van der Waals surface area contributed by atoms with Crippen molar-refractivity contribution in [1.82, 2.24) is 0 Å². The van der Waals surface area contributed by atoms with Crippen molar-refractivity contribution in [3.8, 4) is 0 Å². The number of hydrogen-bond donors (Lipinski definition) is 0. The van der Waals surface area contributed by atoms with E-state index in [1.54, 1.807) is 0 Å². The highest BCUT2D eigenvalue weighted by Crippen LogP contribution is 2.38. The maximum atomic E-state index is 2.36. The summed E-state index contributed by atoms with van der Waals surface area (Å²) in [4.78, 5) is 4.72. The zero-order chi connectivity index (χ0) is 29.9. The minimum Gasteiger partial charge on any atom is -0.318 e. The Kier molecular flexibility index (Phi) is 6.06. The van der Waals surface area contributed by atoms with Crippen LogP contribution in [0, 0.1) is 0 Å². The molecule has 2 heteroatoms. The predicted octanol–water partition coefficient (Wildman–Crippen LogP) is 11.6. The Balaban J connectivity index is 1.12. The summed E-state index contributed by atoms with van der Waals surface area (Å²) >= 11 is 0. The topological polar surface area (TPSA) is 6.48 Å². The lowest BCUT2D eigenvalue weighted by atomic mass is 9.96. The third-order valence-electron chi connectivity index (χ3n) is 9.18. The molecular formula is C42H34N2. The number of anilines is 2. The first kappa shape index (κ1) is 26.3. The molecule has 0 unspecified atom stereocenters. The molecule has 8 rings (SSSR count). The number of allylic oxidation sites excluding steroid dienone is 10. The van der Waals surface area contributed by atoms with E-state index in [4.69, 9.17) is 0 Å². The van der Waals surface area contributed by atoms with Gasteiger partial charge in [0.05, 0.1) is 0 Å². The average Bonchev–Trinajstić information content (AvgIpc) is 3.03. The number of benzene rings is 6. The first-order chi connectivity index (χ1) is 21.4. The van der Waals surface area contributed by atoms with E-state index in [2.05, 4.69) is 171 Å². The van der Waals surface area contributed by atoms with Crippen LogP contribution in [-0.2, 0) is 0 Å². The van der Waals surface area contributed by atoms with Crippen molar-refractivity contribution in [3.63, 3.8) is 0 Å². The molecule has 0 N–H and O–H groups in total. The van der Waals surface area contributed by atoms with E-state index in [0.717, 1.165) is 0 Å². The molecule has 0 atom stereocenters. The van der Waals surface area contributed by atoms with Gasteiger partial charge in [0.15, 0.2) is 0 Å². The molecule has 0 fully saturated rings. The van der Waals surface area contributed by atoms with Crippen molar-refractivity contribution in [1.29, 1.82) is 0 Å². The summed E-state index contributed by atoms with van der Waals surface area (Å²) in [5, 5.41) is 10.3. The summed E-state index contributed by atoms with van der Waals surface area (Å²) in [6.07, 6.45) is 9.27. The molecule has 44 heavy (non-hydrogen) atoms. The van der Waals surface area contributed by atoms with E-state index in [-0.39, 0.29) is 0 Å². The van der Waals surface area contributed by atoms with Gasteiger partial charge >= 0.3 is 0 Å². The van der Waals surface area contributed by atoms with Gasteiger partial charge in [0.2, 0.25) is 0 Å². The van der Waals surface area contributed by atoms with Gasteiger partial charge in [-0.2, -0.15) is 0 Å². The predicted molar refractivity (Wildman–Crippen MR) is 190 cm³/mol. The number of nitrogens with zero attached hydrogens (tertiary/aromatic N) is 2. The minimum absolute atomic E-state index is 1.19. The second-order valence-electron chi connectivity index (χ2n) is 12.1. The van der Waals surface area contributed by atoms with Gasteiger partial charge in [0, 0.05) is 34.2 Å². The zero-order valence-electron chi connectivity index (χ0n) is 25.6. The average molecular weight is 567 g/mol. The highest BCUT2D eigenvalue weighted by molar-refractivity contribution is 6.09. The Hall–Kier alpha value is -5.34. The summed E-state index contributed by atoms with van der Waals surface area (Å²) in [5.41, 5.74) is 9.73. The fourth-order valence-electron chi connectivity index (χ4n) is 7.23. The fourth-order valence-corrected chi connectivity index (χ4v) is 7.23. The molecule has 212 valence electrons. The number of hydrogen-bond acceptors (Lipinski definition) is 2. The molecule has 0 bridgehead atoms. The SMILES string of the molecule is CC1=CC(=C2C=C(C)N(c3ccc4c(ccc5ccccc54)c3)C(C)=C2)C=C(C)N1c1ccc2c(ccc3ccccc32)c1. The summed E-state index contributed by atoms with van der Waals surface area (Å²) in [7, 11) is 0. The fraction of sp³-hybridized carbons (Fsp3) is 0.0952. The van der Waals surface area contributed by atoms with E-state index in [1.807, 2.05) is 0 Å². The number of fused-ring (bicyclic) bond motifs is 6. The molecule has 0 aliphatic carbocycles. The summed E-state index contributed by atoms with van der Waals surface area (Å²) in [6, 6.07) is 39.8. The lowest BCUT2D eigenvalue weighted by Crippen LogP contribution is -2.23. The van der Waals surface area contributed by atoms with Crippen LogP contribution in [0.4, 0.5) is 11.4 Å². The van der Waals surface area contributed by atoms with Gasteiger partial charge in [0.1, 0.15) is 0 Å². The Labute approximate surface area is 258 Å². The van der Waals surface area contributed by atoms with Crippen LogP contribution in [0.5, 0.6) is 0 Å². The standard InChI is InChI=1S/C42H34N2/c1-27-21-35(22-28(2)43(27)37-17-19-41-33(25-37)15-13-31-9-5-7-11-39(31)41)36-23-29(3)44(30(4)24-36)38-18-20-42-34(26-38)16-14-32-10-6-8-12-40(32)42/h5-26H,1-4H3. The molecule has 6 aromatic carbocycles. The smallest absolute Gasteiger partial charge is 0.0461 e. The van der Waals surface area contributed by atoms with E-state index in [9.17, 15) is 0 Å². The van der Waals surface area contributed by atoms with Crippen molar-refractivity contribution in [2.75, 3.05) is 9.80 Å². The van der Waals surface area contributed by atoms with E-state index >= 15 is 0 Å². The first-order valence-electron chi connectivity index (χ1n) is 15.4. The largest absolute Gasteiger partial charge is 0.318 e. The molecule has 2 aliphatic rings. The summed E-state index contributed by atoms with van der Waals surface area (Å²) in [5.74, 6) is 0. The van der Waals surface area contributed by atoms with Gasteiger partial charge < -0.3 is 9.80 Å². The van der Waals surface area contributed by atoms with Crippen LogP contribution in [0.2, 0.25) is 0 Å². The molecule has 2 aliphatic heterocycles. The molecule has 0 radical (unpaired) electrons. The van der Waals surface area contributed by atoms with Crippen molar-refractivity contribution < 1.29 is 0 Å². The molecule has 0 amide bonds. The van der Waals surface area contributed by atoms with Crippen LogP contribution >= 0.6 is 0 Å².